The lowest BCUT2D eigenvalue weighted by atomic mass is 10.0. The van der Waals surface area contributed by atoms with Crippen LogP contribution in [0.5, 0.6) is 0 Å². The van der Waals surface area contributed by atoms with Crippen LogP contribution in [0.25, 0.3) is 6.08 Å². The molecule has 2 nitrogen and oxygen atoms in total. The first-order chi connectivity index (χ1) is 10.1. The molecule has 3 heteroatoms. The number of esters is 1. The number of carbonyl (C=O) groups excluding carboxylic acids is 1. The van der Waals surface area contributed by atoms with E-state index in [9.17, 15) is 4.79 Å². The van der Waals surface area contributed by atoms with Crippen LogP contribution < -0.4 is 0 Å². The Kier molecular flexibility index (Phi) is 5.59. The number of ether oxygens (including phenoxy) is 1. The molecule has 0 N–H and O–H groups in total. The second-order valence-electron chi connectivity index (χ2n) is 4.77. The molecule has 0 fully saturated rings. The summed E-state index contributed by atoms with van der Waals surface area (Å²) in [5, 5.41) is 0.686. The van der Waals surface area contributed by atoms with Gasteiger partial charge in [0.25, 0.3) is 0 Å². The van der Waals surface area contributed by atoms with Crippen molar-refractivity contribution in [3.63, 3.8) is 0 Å². The highest BCUT2D eigenvalue weighted by molar-refractivity contribution is 6.32. The van der Waals surface area contributed by atoms with E-state index in [1.807, 2.05) is 60.7 Å². The highest BCUT2D eigenvalue weighted by atomic mass is 35.5. The Hall–Kier alpha value is -2.06. The molecule has 0 saturated heterocycles. The molecule has 0 radical (unpaired) electrons. The number of hydrogen-bond donors (Lipinski definition) is 0. The van der Waals surface area contributed by atoms with Gasteiger partial charge in [-0.05, 0) is 29.2 Å². The summed E-state index contributed by atoms with van der Waals surface area (Å²) in [6.45, 7) is 1.69. The summed E-state index contributed by atoms with van der Waals surface area (Å²) in [7, 11) is 0. The van der Waals surface area contributed by atoms with Crippen molar-refractivity contribution in [1.82, 2.24) is 0 Å². The Morgan fingerprint density at radius 3 is 2.43 bits per heavy atom. The molecule has 0 aliphatic heterocycles. The van der Waals surface area contributed by atoms with E-state index in [-0.39, 0.29) is 12.6 Å². The van der Waals surface area contributed by atoms with Crippen molar-refractivity contribution in [2.75, 3.05) is 6.61 Å². The minimum atomic E-state index is -0.284. The maximum Gasteiger partial charge on any atom is 0.302 e. The van der Waals surface area contributed by atoms with Gasteiger partial charge in [-0.15, -0.1) is 0 Å². The van der Waals surface area contributed by atoms with Gasteiger partial charge in [-0.2, -0.15) is 0 Å². The predicted octanol–water partition coefficient (Wildman–Crippen LogP) is 4.53. The first-order valence-electron chi connectivity index (χ1n) is 6.76. The van der Waals surface area contributed by atoms with Crippen LogP contribution in [0.1, 0.15) is 18.1 Å². The molecule has 0 unspecified atom stereocenters. The van der Waals surface area contributed by atoms with Crippen molar-refractivity contribution >= 4 is 23.6 Å². The van der Waals surface area contributed by atoms with Gasteiger partial charge in [0.1, 0.15) is 6.61 Å². The van der Waals surface area contributed by atoms with Gasteiger partial charge in [0.05, 0.1) is 0 Å². The number of hydrogen-bond acceptors (Lipinski definition) is 2. The van der Waals surface area contributed by atoms with Crippen molar-refractivity contribution in [2.24, 2.45) is 0 Å². The highest BCUT2D eigenvalue weighted by Crippen LogP contribution is 2.20. The van der Waals surface area contributed by atoms with Gasteiger partial charge in [-0.1, -0.05) is 66.2 Å². The van der Waals surface area contributed by atoms with Crippen LogP contribution in [0.2, 0.25) is 5.02 Å². The molecule has 0 heterocycles. The fraction of sp³-hybridized carbons (Fsp3) is 0.167. The number of carbonyl (C=O) groups is 1. The topological polar surface area (TPSA) is 26.3 Å². The van der Waals surface area contributed by atoms with Gasteiger partial charge in [0.2, 0.25) is 0 Å². The normalized spacial score (nSPS) is 11.2. The average Bonchev–Trinajstić information content (AvgIpc) is 2.48. The van der Waals surface area contributed by atoms with Crippen molar-refractivity contribution in [3.05, 3.63) is 76.3 Å². The Bertz CT molecular complexity index is 633. The molecule has 0 aliphatic carbocycles. The smallest absolute Gasteiger partial charge is 0.302 e. The van der Waals surface area contributed by atoms with Gasteiger partial charge >= 0.3 is 5.97 Å². The molecule has 21 heavy (non-hydrogen) atoms. The molecule has 2 rings (SSSR count). The second-order valence-corrected chi connectivity index (χ2v) is 5.17. The van der Waals surface area contributed by atoms with E-state index in [1.54, 1.807) is 0 Å². The van der Waals surface area contributed by atoms with E-state index in [0.29, 0.717) is 5.02 Å². The van der Waals surface area contributed by atoms with Gasteiger partial charge in [-0.3, -0.25) is 4.79 Å². The summed E-state index contributed by atoms with van der Waals surface area (Å²) >= 11 is 6.18. The molecule has 0 spiro atoms. The van der Waals surface area contributed by atoms with Crippen LogP contribution in [0.15, 0.2) is 60.2 Å². The van der Waals surface area contributed by atoms with Gasteiger partial charge < -0.3 is 4.74 Å². The maximum absolute atomic E-state index is 11.0. The van der Waals surface area contributed by atoms with Crippen molar-refractivity contribution in [1.29, 1.82) is 0 Å². The van der Waals surface area contributed by atoms with Crippen molar-refractivity contribution in [2.45, 2.75) is 13.3 Å². The minimum absolute atomic E-state index is 0.273. The fourth-order valence-electron chi connectivity index (χ4n) is 2.01. The largest absolute Gasteiger partial charge is 0.461 e. The van der Waals surface area contributed by atoms with E-state index in [2.05, 4.69) is 0 Å². The molecule has 2 aromatic carbocycles. The zero-order chi connectivity index (χ0) is 15.1. The highest BCUT2D eigenvalue weighted by Gasteiger charge is 2.05. The van der Waals surface area contributed by atoms with Crippen LogP contribution in [0, 0.1) is 0 Å². The molecule has 0 aromatic heterocycles. The monoisotopic (exact) mass is 300 g/mol. The molecular formula is C18H17ClO2. The predicted molar refractivity (Wildman–Crippen MR) is 86.2 cm³/mol. The lowest BCUT2D eigenvalue weighted by Gasteiger charge is -2.09. The first kappa shape index (κ1) is 15.3. The molecule has 0 saturated carbocycles. The van der Waals surface area contributed by atoms with Crippen molar-refractivity contribution < 1.29 is 9.53 Å². The standard InChI is InChI=1S/C18H17ClO2/c1-14(20)21-13-16(11-15-7-3-2-4-8-15)12-17-9-5-6-10-18(17)19/h2-10,12H,11,13H2,1H3/b16-12-. The Morgan fingerprint density at radius 1 is 1.10 bits per heavy atom. The molecule has 0 aliphatic rings. The van der Waals surface area contributed by atoms with E-state index in [4.69, 9.17) is 16.3 Å². The van der Waals surface area contributed by atoms with E-state index in [1.165, 1.54) is 12.5 Å². The van der Waals surface area contributed by atoms with Crippen LogP contribution in [-0.4, -0.2) is 12.6 Å². The lowest BCUT2D eigenvalue weighted by molar-refractivity contribution is -0.139. The van der Waals surface area contributed by atoms with E-state index >= 15 is 0 Å². The number of rotatable bonds is 5. The van der Waals surface area contributed by atoms with Gasteiger partial charge in [-0.25, -0.2) is 0 Å². The summed E-state index contributed by atoms with van der Waals surface area (Å²) < 4.78 is 5.14. The summed E-state index contributed by atoms with van der Waals surface area (Å²) in [4.78, 5) is 11.0. The lowest BCUT2D eigenvalue weighted by Crippen LogP contribution is -2.05. The van der Waals surface area contributed by atoms with E-state index < -0.39 is 0 Å². The molecule has 0 atom stereocenters. The average molecular weight is 301 g/mol. The molecule has 2 aromatic rings. The molecule has 0 bridgehead atoms. The van der Waals surface area contributed by atoms with Gasteiger partial charge in [0, 0.05) is 11.9 Å². The third kappa shape index (κ3) is 5.09. The fourth-order valence-corrected chi connectivity index (χ4v) is 2.20. The molecular weight excluding hydrogens is 284 g/mol. The van der Waals surface area contributed by atoms with Crippen LogP contribution in [-0.2, 0) is 16.0 Å². The second kappa shape index (κ2) is 7.65. The zero-order valence-corrected chi connectivity index (χ0v) is 12.6. The van der Waals surface area contributed by atoms with Crippen LogP contribution >= 0.6 is 11.6 Å². The number of halogens is 1. The molecule has 108 valence electrons. The summed E-state index contributed by atoms with van der Waals surface area (Å²) in [6, 6.07) is 17.7. The van der Waals surface area contributed by atoms with Crippen LogP contribution in [0.3, 0.4) is 0 Å². The summed E-state index contributed by atoms with van der Waals surface area (Å²) in [6.07, 6.45) is 2.71. The van der Waals surface area contributed by atoms with Crippen molar-refractivity contribution in [3.8, 4) is 0 Å². The Balaban J connectivity index is 2.23. The van der Waals surface area contributed by atoms with Crippen LogP contribution in [0.4, 0.5) is 0 Å². The minimum Gasteiger partial charge on any atom is -0.461 e. The van der Waals surface area contributed by atoms with E-state index in [0.717, 1.165) is 17.6 Å². The SMILES string of the molecule is CC(=O)OC/C(=C\c1ccccc1Cl)Cc1ccccc1. The third-order valence-electron chi connectivity index (χ3n) is 3.00. The Morgan fingerprint density at radius 2 is 1.76 bits per heavy atom. The quantitative estimate of drug-likeness (QED) is 0.758. The summed E-state index contributed by atoms with van der Waals surface area (Å²) in [5.74, 6) is -0.284. The third-order valence-corrected chi connectivity index (χ3v) is 3.34. The maximum atomic E-state index is 11.0. The zero-order valence-electron chi connectivity index (χ0n) is 11.9. The Labute approximate surface area is 130 Å². The molecule has 0 amide bonds. The first-order valence-corrected chi connectivity index (χ1v) is 7.14. The number of benzene rings is 2. The summed E-state index contributed by atoms with van der Waals surface area (Å²) in [5.41, 5.74) is 3.10. The van der Waals surface area contributed by atoms with Gasteiger partial charge in [0.15, 0.2) is 0 Å².